The number of carbonyl (C=O) groups is 2. The average Bonchev–Trinajstić information content (AvgIpc) is 3.24. The highest BCUT2D eigenvalue weighted by atomic mass is 32.2. The van der Waals surface area contributed by atoms with E-state index >= 15 is 0 Å². The Labute approximate surface area is 164 Å². The summed E-state index contributed by atoms with van der Waals surface area (Å²) in [5, 5.41) is 10.5. The molecule has 142 valence electrons. The van der Waals surface area contributed by atoms with Crippen LogP contribution in [0.15, 0.2) is 5.16 Å². The first kappa shape index (κ1) is 18.2. The van der Waals surface area contributed by atoms with Gasteiger partial charge >= 0.3 is 0 Å². The first-order valence-corrected chi connectivity index (χ1v) is 10.7. The zero-order valence-corrected chi connectivity index (χ0v) is 16.8. The van der Waals surface area contributed by atoms with Gasteiger partial charge in [0, 0.05) is 18.2 Å². The molecule has 3 aromatic heterocycles. The Morgan fingerprint density at radius 2 is 2.04 bits per heavy atom. The van der Waals surface area contributed by atoms with Gasteiger partial charge in [-0.3, -0.25) is 24.8 Å². The molecule has 0 bridgehead atoms. The van der Waals surface area contributed by atoms with Crippen molar-refractivity contribution in [3.63, 3.8) is 0 Å². The Bertz CT molecular complexity index is 1040. The zero-order chi connectivity index (χ0) is 19.0. The highest BCUT2D eigenvalue weighted by Gasteiger charge is 2.23. The molecule has 0 fully saturated rings. The lowest BCUT2D eigenvalue weighted by Gasteiger charge is -2.11. The average molecular weight is 405 g/mol. The summed E-state index contributed by atoms with van der Waals surface area (Å²) >= 11 is 3.06. The minimum absolute atomic E-state index is 0.129. The molecule has 4 rings (SSSR count). The smallest absolute Gasteiger partial charge is 0.248 e. The Balaban J connectivity index is 1.70. The molecule has 1 aliphatic rings. The summed E-state index contributed by atoms with van der Waals surface area (Å²) in [5.41, 5.74) is 6.84. The summed E-state index contributed by atoms with van der Waals surface area (Å²) < 4.78 is 1.97. The summed E-state index contributed by atoms with van der Waals surface area (Å²) in [6.45, 7) is 3.39. The van der Waals surface area contributed by atoms with Gasteiger partial charge in [-0.15, -0.1) is 21.5 Å². The molecular formula is C17H20N6O2S2. The lowest BCUT2D eigenvalue weighted by atomic mass is 9.97. The first-order chi connectivity index (χ1) is 13.1. The largest absolute Gasteiger partial charge is 0.274 e. The van der Waals surface area contributed by atoms with Crippen molar-refractivity contribution in [2.75, 3.05) is 5.75 Å². The van der Waals surface area contributed by atoms with Crippen molar-refractivity contribution >= 4 is 50.8 Å². The molecule has 2 amide bonds. The molecule has 8 nitrogen and oxygen atoms in total. The second-order valence-electron chi connectivity index (χ2n) is 6.43. The highest BCUT2D eigenvalue weighted by Crippen LogP contribution is 2.38. The number of rotatable bonds is 4. The third-order valence-electron chi connectivity index (χ3n) is 4.52. The Morgan fingerprint density at radius 1 is 1.22 bits per heavy atom. The number of fused-ring (bicyclic) bond motifs is 5. The Kier molecular flexibility index (Phi) is 5.00. The summed E-state index contributed by atoms with van der Waals surface area (Å²) in [6.07, 6.45) is 5.35. The number of nitrogens with zero attached hydrogens (tertiary/aromatic N) is 4. The maximum absolute atomic E-state index is 11.9. The molecule has 1 aliphatic carbocycles. The molecule has 0 saturated carbocycles. The number of aromatic nitrogens is 4. The Morgan fingerprint density at radius 3 is 2.81 bits per heavy atom. The topological polar surface area (TPSA) is 101 Å². The number of thioether (sulfide) groups is 1. The van der Waals surface area contributed by atoms with Crippen molar-refractivity contribution in [2.45, 2.75) is 51.1 Å². The quantitative estimate of drug-likeness (QED) is 0.510. The standard InChI is InChI=1S/C17H20N6O2S2/c1-3-12-18-16-14(10-6-4-5-7-11(10)27-16)15-21-22-17(23(12)15)26-8-13(25)20-19-9(2)24/h3-8H2,1-2H3,(H,19,24)(H,20,25). The molecule has 0 atom stereocenters. The third-order valence-corrected chi connectivity index (χ3v) is 6.64. The first-order valence-electron chi connectivity index (χ1n) is 8.95. The molecule has 0 aliphatic heterocycles. The van der Waals surface area contributed by atoms with E-state index in [-0.39, 0.29) is 17.6 Å². The number of amides is 2. The van der Waals surface area contributed by atoms with E-state index < -0.39 is 0 Å². The number of hydrogen-bond acceptors (Lipinski definition) is 7. The van der Waals surface area contributed by atoms with Crippen LogP contribution in [0.1, 0.15) is 43.0 Å². The van der Waals surface area contributed by atoms with Gasteiger partial charge in [0.2, 0.25) is 11.8 Å². The predicted molar refractivity (Wildman–Crippen MR) is 105 cm³/mol. The van der Waals surface area contributed by atoms with Gasteiger partial charge in [-0.25, -0.2) is 4.98 Å². The van der Waals surface area contributed by atoms with Crippen molar-refractivity contribution in [3.8, 4) is 0 Å². The molecule has 27 heavy (non-hydrogen) atoms. The molecule has 0 aromatic carbocycles. The van der Waals surface area contributed by atoms with Gasteiger partial charge in [-0.05, 0) is 31.2 Å². The second kappa shape index (κ2) is 7.43. The van der Waals surface area contributed by atoms with Crippen LogP contribution in [0, 0.1) is 0 Å². The van der Waals surface area contributed by atoms with Crippen LogP contribution in [0.5, 0.6) is 0 Å². The van der Waals surface area contributed by atoms with E-state index in [0.29, 0.717) is 5.16 Å². The number of hydrazine groups is 1. The van der Waals surface area contributed by atoms with Crippen LogP contribution in [0.25, 0.3) is 15.9 Å². The van der Waals surface area contributed by atoms with Crippen molar-refractivity contribution in [1.29, 1.82) is 0 Å². The van der Waals surface area contributed by atoms with Gasteiger partial charge in [0.15, 0.2) is 10.8 Å². The SMILES string of the molecule is CCc1nc2sc3c(c2c2nnc(SCC(=O)NNC(C)=O)n12)CCCC3. The second-order valence-corrected chi connectivity index (χ2v) is 8.46. The fraction of sp³-hybridized carbons (Fsp3) is 0.471. The van der Waals surface area contributed by atoms with E-state index in [1.165, 1.54) is 42.0 Å². The monoisotopic (exact) mass is 404 g/mol. The van der Waals surface area contributed by atoms with Crippen LogP contribution in [0.4, 0.5) is 0 Å². The van der Waals surface area contributed by atoms with Gasteiger partial charge < -0.3 is 0 Å². The number of nitrogens with one attached hydrogen (secondary N) is 2. The minimum Gasteiger partial charge on any atom is -0.274 e. The number of thiophene rings is 1. The molecule has 10 heteroatoms. The molecular weight excluding hydrogens is 384 g/mol. The highest BCUT2D eigenvalue weighted by molar-refractivity contribution is 7.99. The van der Waals surface area contributed by atoms with Crippen molar-refractivity contribution in [1.82, 2.24) is 30.4 Å². The van der Waals surface area contributed by atoms with Crippen molar-refractivity contribution in [2.24, 2.45) is 0 Å². The molecule has 3 aromatic rings. The molecule has 0 saturated heterocycles. The van der Waals surface area contributed by atoms with Crippen LogP contribution >= 0.6 is 23.1 Å². The van der Waals surface area contributed by atoms with Gasteiger partial charge in [0.1, 0.15) is 10.7 Å². The summed E-state index contributed by atoms with van der Waals surface area (Å²) in [6, 6.07) is 0. The summed E-state index contributed by atoms with van der Waals surface area (Å²) in [7, 11) is 0. The van der Waals surface area contributed by atoms with E-state index in [2.05, 4.69) is 28.0 Å². The third kappa shape index (κ3) is 3.39. The number of hydrogen-bond donors (Lipinski definition) is 2. The summed E-state index contributed by atoms with van der Waals surface area (Å²) in [5.74, 6) is 0.408. The fourth-order valence-corrected chi connectivity index (χ4v) is 5.37. The molecule has 0 radical (unpaired) electrons. The van der Waals surface area contributed by atoms with Gasteiger partial charge in [-0.2, -0.15) is 0 Å². The van der Waals surface area contributed by atoms with Crippen molar-refractivity contribution in [3.05, 3.63) is 16.3 Å². The molecule has 2 N–H and O–H groups in total. The zero-order valence-electron chi connectivity index (χ0n) is 15.2. The molecule has 3 heterocycles. The fourth-order valence-electron chi connectivity index (χ4n) is 3.35. The number of carbonyl (C=O) groups excluding carboxylic acids is 2. The van der Waals surface area contributed by atoms with E-state index in [0.717, 1.165) is 41.0 Å². The van der Waals surface area contributed by atoms with Crippen LogP contribution in [-0.2, 0) is 28.9 Å². The Hall–Kier alpha value is -2.20. The summed E-state index contributed by atoms with van der Waals surface area (Å²) in [4.78, 5) is 30.1. The van der Waals surface area contributed by atoms with E-state index in [1.54, 1.807) is 11.3 Å². The normalized spacial score (nSPS) is 13.7. The van der Waals surface area contributed by atoms with Crippen LogP contribution < -0.4 is 10.9 Å². The number of aryl methyl sites for hydroxylation is 3. The maximum Gasteiger partial charge on any atom is 0.248 e. The van der Waals surface area contributed by atoms with E-state index in [9.17, 15) is 9.59 Å². The van der Waals surface area contributed by atoms with E-state index in [4.69, 9.17) is 4.98 Å². The van der Waals surface area contributed by atoms with Crippen LogP contribution in [-0.4, -0.2) is 37.1 Å². The predicted octanol–water partition coefficient (Wildman–Crippen LogP) is 2.04. The maximum atomic E-state index is 11.9. The van der Waals surface area contributed by atoms with Crippen LogP contribution in [0.3, 0.4) is 0 Å². The van der Waals surface area contributed by atoms with Gasteiger partial charge in [-0.1, -0.05) is 18.7 Å². The lowest BCUT2D eigenvalue weighted by Crippen LogP contribution is -2.41. The molecule has 0 unspecified atom stereocenters. The molecule has 0 spiro atoms. The van der Waals surface area contributed by atoms with E-state index in [1.807, 2.05) is 4.40 Å². The van der Waals surface area contributed by atoms with Gasteiger partial charge in [0.05, 0.1) is 11.1 Å². The minimum atomic E-state index is -0.316. The van der Waals surface area contributed by atoms with Gasteiger partial charge in [0.25, 0.3) is 0 Å². The lowest BCUT2D eigenvalue weighted by molar-refractivity contribution is -0.126. The van der Waals surface area contributed by atoms with Crippen LogP contribution in [0.2, 0.25) is 0 Å². The van der Waals surface area contributed by atoms with Crippen molar-refractivity contribution < 1.29 is 9.59 Å².